The van der Waals surface area contributed by atoms with Gasteiger partial charge in [-0.25, -0.2) is 4.98 Å². The first kappa shape index (κ1) is 14.7. The lowest BCUT2D eigenvalue weighted by atomic mass is 9.74. The fourth-order valence-electron chi connectivity index (χ4n) is 3.84. The van der Waals surface area contributed by atoms with E-state index in [9.17, 15) is 0 Å². The van der Waals surface area contributed by atoms with Gasteiger partial charge in [0.15, 0.2) is 0 Å². The van der Waals surface area contributed by atoms with E-state index >= 15 is 0 Å². The third kappa shape index (κ3) is 2.06. The van der Waals surface area contributed by atoms with Gasteiger partial charge in [-0.2, -0.15) is 4.98 Å². The van der Waals surface area contributed by atoms with E-state index in [4.69, 9.17) is 25.6 Å². The maximum atomic E-state index is 6.17. The molecule has 2 fully saturated rings. The SMILES string of the molecule is Clc1ccc(-c2noc(-c3cnc4c(c3)[C@H]3O[C@H]3C3(CCC3)O4)n2)cc1. The van der Waals surface area contributed by atoms with Crippen molar-refractivity contribution in [1.29, 1.82) is 0 Å². The van der Waals surface area contributed by atoms with Crippen LogP contribution in [0.25, 0.3) is 22.8 Å². The Labute approximate surface area is 154 Å². The Morgan fingerprint density at radius 3 is 2.73 bits per heavy atom. The Morgan fingerprint density at radius 1 is 1.12 bits per heavy atom. The van der Waals surface area contributed by atoms with Crippen LogP contribution in [0.2, 0.25) is 5.02 Å². The zero-order valence-corrected chi connectivity index (χ0v) is 14.4. The van der Waals surface area contributed by atoms with Crippen molar-refractivity contribution in [2.24, 2.45) is 0 Å². The summed E-state index contributed by atoms with van der Waals surface area (Å²) in [5.74, 6) is 1.61. The van der Waals surface area contributed by atoms with Gasteiger partial charge in [0.25, 0.3) is 5.89 Å². The summed E-state index contributed by atoms with van der Waals surface area (Å²) >= 11 is 5.92. The summed E-state index contributed by atoms with van der Waals surface area (Å²) in [7, 11) is 0. The summed E-state index contributed by atoms with van der Waals surface area (Å²) in [6.07, 6.45) is 5.23. The van der Waals surface area contributed by atoms with Crippen LogP contribution in [-0.4, -0.2) is 26.8 Å². The van der Waals surface area contributed by atoms with E-state index in [0.717, 1.165) is 29.5 Å². The fourth-order valence-corrected chi connectivity index (χ4v) is 3.97. The van der Waals surface area contributed by atoms with Crippen LogP contribution >= 0.6 is 11.6 Å². The summed E-state index contributed by atoms with van der Waals surface area (Å²) in [6.45, 7) is 0. The molecule has 0 bridgehead atoms. The van der Waals surface area contributed by atoms with Gasteiger partial charge in [0, 0.05) is 22.3 Å². The highest BCUT2D eigenvalue weighted by Gasteiger charge is 2.64. The van der Waals surface area contributed by atoms with Crippen LogP contribution in [0, 0.1) is 0 Å². The van der Waals surface area contributed by atoms with Crippen LogP contribution in [0.4, 0.5) is 0 Å². The number of nitrogens with zero attached hydrogens (tertiary/aromatic N) is 3. The number of halogens is 1. The molecule has 1 saturated carbocycles. The van der Waals surface area contributed by atoms with Crippen molar-refractivity contribution in [2.75, 3.05) is 0 Å². The molecule has 0 radical (unpaired) electrons. The molecule has 2 aromatic heterocycles. The zero-order chi connectivity index (χ0) is 17.3. The second-order valence-electron chi connectivity index (χ2n) is 7.05. The van der Waals surface area contributed by atoms with Crippen LogP contribution in [0.5, 0.6) is 5.88 Å². The molecule has 26 heavy (non-hydrogen) atoms. The summed E-state index contributed by atoms with van der Waals surface area (Å²) in [4.78, 5) is 8.98. The highest BCUT2D eigenvalue weighted by Crippen LogP contribution is 2.59. The lowest BCUT2D eigenvalue weighted by molar-refractivity contribution is -0.0370. The molecule has 1 aliphatic carbocycles. The number of ether oxygens (including phenoxy) is 2. The molecular formula is C19H14ClN3O3. The Hall–Kier alpha value is -2.44. The molecule has 3 aliphatic rings. The Bertz CT molecular complexity index is 1010. The molecule has 1 spiro atoms. The number of rotatable bonds is 2. The van der Waals surface area contributed by atoms with Crippen LogP contribution in [0.1, 0.15) is 30.9 Å². The highest BCUT2D eigenvalue weighted by molar-refractivity contribution is 6.30. The Balaban J connectivity index is 1.34. The van der Waals surface area contributed by atoms with Crippen molar-refractivity contribution in [3.05, 3.63) is 47.1 Å². The largest absolute Gasteiger partial charge is 0.468 e. The predicted octanol–water partition coefficient (Wildman–Crippen LogP) is 4.21. The van der Waals surface area contributed by atoms with Crippen molar-refractivity contribution >= 4 is 11.6 Å². The second kappa shape index (κ2) is 5.05. The smallest absolute Gasteiger partial charge is 0.259 e. The van der Waals surface area contributed by atoms with Crippen LogP contribution < -0.4 is 4.74 Å². The number of benzene rings is 1. The van der Waals surface area contributed by atoms with Gasteiger partial charge in [-0.1, -0.05) is 16.8 Å². The van der Waals surface area contributed by atoms with E-state index in [0.29, 0.717) is 22.6 Å². The topological polar surface area (TPSA) is 73.6 Å². The molecular weight excluding hydrogens is 354 g/mol. The number of fused-ring (bicyclic) bond motifs is 4. The first-order chi connectivity index (χ1) is 12.7. The molecule has 7 heteroatoms. The Kier molecular flexibility index (Phi) is 2.86. The van der Waals surface area contributed by atoms with E-state index < -0.39 is 0 Å². The van der Waals surface area contributed by atoms with E-state index in [1.54, 1.807) is 18.3 Å². The second-order valence-corrected chi connectivity index (χ2v) is 7.48. The summed E-state index contributed by atoms with van der Waals surface area (Å²) in [6, 6.07) is 9.29. The number of pyridine rings is 1. The van der Waals surface area contributed by atoms with E-state index in [1.165, 1.54) is 6.42 Å². The lowest BCUT2D eigenvalue weighted by Crippen LogP contribution is -2.50. The Morgan fingerprint density at radius 2 is 1.96 bits per heavy atom. The number of aromatic nitrogens is 3. The average Bonchev–Trinajstić information content (AvgIpc) is 3.30. The third-order valence-corrected chi connectivity index (χ3v) is 5.72. The predicted molar refractivity (Wildman–Crippen MR) is 92.8 cm³/mol. The van der Waals surface area contributed by atoms with Crippen molar-refractivity contribution in [1.82, 2.24) is 15.1 Å². The van der Waals surface area contributed by atoms with E-state index in [-0.39, 0.29) is 17.8 Å². The number of hydrogen-bond donors (Lipinski definition) is 0. The average molecular weight is 368 g/mol. The minimum Gasteiger partial charge on any atom is -0.468 e. The molecule has 6 nitrogen and oxygen atoms in total. The van der Waals surface area contributed by atoms with Gasteiger partial charge in [0.2, 0.25) is 11.7 Å². The molecule has 4 heterocycles. The van der Waals surface area contributed by atoms with Gasteiger partial charge in [-0.15, -0.1) is 0 Å². The molecule has 2 atom stereocenters. The van der Waals surface area contributed by atoms with Crippen LogP contribution in [0.3, 0.4) is 0 Å². The molecule has 0 unspecified atom stereocenters. The molecule has 130 valence electrons. The summed E-state index contributed by atoms with van der Waals surface area (Å²) < 4.78 is 17.5. The molecule has 0 N–H and O–H groups in total. The van der Waals surface area contributed by atoms with Gasteiger partial charge >= 0.3 is 0 Å². The normalized spacial score (nSPS) is 24.3. The highest BCUT2D eigenvalue weighted by atomic mass is 35.5. The minimum absolute atomic E-state index is 0.0742. The van der Waals surface area contributed by atoms with Gasteiger partial charge in [-0.05, 0) is 49.6 Å². The first-order valence-corrected chi connectivity index (χ1v) is 9.04. The number of hydrogen-bond acceptors (Lipinski definition) is 6. The number of epoxide rings is 1. The molecule has 1 aromatic carbocycles. The molecule has 6 rings (SSSR count). The minimum atomic E-state index is -0.140. The summed E-state index contributed by atoms with van der Waals surface area (Å²) in [5, 5.41) is 4.73. The van der Waals surface area contributed by atoms with Gasteiger partial charge < -0.3 is 14.0 Å². The fraction of sp³-hybridized carbons (Fsp3) is 0.316. The van der Waals surface area contributed by atoms with Gasteiger partial charge in [-0.3, -0.25) is 0 Å². The molecule has 1 saturated heterocycles. The zero-order valence-electron chi connectivity index (χ0n) is 13.7. The summed E-state index contributed by atoms with van der Waals surface area (Å²) in [5.41, 5.74) is 2.43. The standard InChI is InChI=1S/C19H14ClN3O3/c20-12-4-2-10(3-5-12)16-22-17(26-23-16)11-8-13-14-15(24-14)19(6-1-7-19)25-18(13)21-9-11/h2-5,8-9,14-15H,1,6-7H2/t14-,15-/m1/s1. The van der Waals surface area contributed by atoms with Crippen molar-refractivity contribution in [2.45, 2.75) is 37.1 Å². The van der Waals surface area contributed by atoms with Gasteiger partial charge in [0.05, 0.1) is 5.56 Å². The van der Waals surface area contributed by atoms with Crippen molar-refractivity contribution in [3.8, 4) is 28.7 Å². The van der Waals surface area contributed by atoms with Crippen molar-refractivity contribution < 1.29 is 14.0 Å². The monoisotopic (exact) mass is 367 g/mol. The quantitative estimate of drug-likeness (QED) is 0.632. The van der Waals surface area contributed by atoms with E-state index in [2.05, 4.69) is 15.1 Å². The molecule has 2 aliphatic heterocycles. The maximum Gasteiger partial charge on any atom is 0.259 e. The van der Waals surface area contributed by atoms with Gasteiger partial charge in [0.1, 0.15) is 17.8 Å². The molecule has 0 amide bonds. The molecule has 3 aromatic rings. The van der Waals surface area contributed by atoms with E-state index in [1.807, 2.05) is 18.2 Å². The van der Waals surface area contributed by atoms with Crippen molar-refractivity contribution in [3.63, 3.8) is 0 Å². The maximum absolute atomic E-state index is 6.17. The lowest BCUT2D eigenvalue weighted by Gasteiger charge is -2.42. The first-order valence-electron chi connectivity index (χ1n) is 8.66. The van der Waals surface area contributed by atoms with Crippen LogP contribution in [0.15, 0.2) is 41.1 Å². The third-order valence-electron chi connectivity index (χ3n) is 5.47. The van der Waals surface area contributed by atoms with Crippen LogP contribution in [-0.2, 0) is 4.74 Å².